The van der Waals surface area contributed by atoms with E-state index in [0.29, 0.717) is 39.8 Å². The summed E-state index contributed by atoms with van der Waals surface area (Å²) in [6.45, 7) is 2.43. The molecule has 2 aromatic rings. The fourth-order valence-electron chi connectivity index (χ4n) is 3.02. The molecule has 1 aliphatic rings. The summed E-state index contributed by atoms with van der Waals surface area (Å²) in [6, 6.07) is 11.9. The first kappa shape index (κ1) is 24.2. The normalized spacial score (nSPS) is 14.5. The van der Waals surface area contributed by atoms with Gasteiger partial charge in [0, 0.05) is 5.69 Å². The first-order valence-electron chi connectivity index (χ1n) is 10.4. The van der Waals surface area contributed by atoms with E-state index >= 15 is 0 Å². The number of ether oxygens (including phenoxy) is 3. The van der Waals surface area contributed by atoms with E-state index < -0.39 is 0 Å². The highest BCUT2D eigenvalue weighted by Crippen LogP contribution is 2.34. The van der Waals surface area contributed by atoms with Gasteiger partial charge in [0.1, 0.15) is 0 Å². The minimum Gasteiger partial charge on any atom is -0.493 e. The second-order valence-electron chi connectivity index (χ2n) is 7.13. The van der Waals surface area contributed by atoms with Crippen LogP contribution in [0, 0.1) is 0 Å². The molecule has 1 heterocycles. The van der Waals surface area contributed by atoms with Crippen LogP contribution in [0.15, 0.2) is 47.4 Å². The summed E-state index contributed by atoms with van der Waals surface area (Å²) in [7, 11) is 3.08. The standard InChI is InChI=1S/C24H26N2O6S/c1-4-5-12-32-23(28)17-7-9-18(10-8-17)25-15-26-22(27)21(33-24(26)29)14-16-6-11-19(30-2)20(13-16)31-3/h6-11,13-14,25H,4-5,12,15H2,1-3H3/b21-14+. The lowest BCUT2D eigenvalue weighted by molar-refractivity contribution is -0.122. The summed E-state index contributed by atoms with van der Waals surface area (Å²) >= 11 is 0.876. The van der Waals surface area contributed by atoms with Gasteiger partial charge in [-0.25, -0.2) is 4.79 Å². The van der Waals surface area contributed by atoms with Crippen LogP contribution in [0.1, 0.15) is 35.7 Å². The molecule has 33 heavy (non-hydrogen) atoms. The van der Waals surface area contributed by atoms with Crippen molar-refractivity contribution in [2.24, 2.45) is 0 Å². The number of nitrogens with zero attached hydrogens (tertiary/aromatic N) is 1. The van der Waals surface area contributed by atoms with Gasteiger partial charge in [0.25, 0.3) is 11.1 Å². The van der Waals surface area contributed by atoms with Crippen molar-refractivity contribution in [3.63, 3.8) is 0 Å². The topological polar surface area (TPSA) is 94.2 Å². The summed E-state index contributed by atoms with van der Waals surface area (Å²) in [5.74, 6) is 0.349. The molecule has 1 N–H and O–H groups in total. The fourth-order valence-corrected chi connectivity index (χ4v) is 3.86. The first-order valence-corrected chi connectivity index (χ1v) is 11.3. The summed E-state index contributed by atoms with van der Waals surface area (Å²) in [5, 5.41) is 2.67. The number of unbranched alkanes of at least 4 members (excludes halogenated alkanes) is 1. The molecule has 1 saturated heterocycles. The second-order valence-corrected chi connectivity index (χ2v) is 8.12. The number of nitrogens with one attached hydrogen (secondary N) is 1. The van der Waals surface area contributed by atoms with E-state index in [-0.39, 0.29) is 23.8 Å². The number of carbonyl (C=O) groups is 3. The lowest BCUT2D eigenvalue weighted by Crippen LogP contribution is -2.33. The third-order valence-corrected chi connectivity index (χ3v) is 5.78. The summed E-state index contributed by atoms with van der Waals surface area (Å²) < 4.78 is 15.7. The van der Waals surface area contributed by atoms with Crippen LogP contribution in [0.4, 0.5) is 10.5 Å². The third-order valence-electron chi connectivity index (χ3n) is 4.87. The van der Waals surface area contributed by atoms with Crippen LogP contribution in [-0.4, -0.2) is 49.5 Å². The number of benzene rings is 2. The van der Waals surface area contributed by atoms with Gasteiger partial charge in [0.2, 0.25) is 0 Å². The number of thioether (sulfide) groups is 1. The highest BCUT2D eigenvalue weighted by molar-refractivity contribution is 8.18. The molecule has 0 unspecified atom stereocenters. The molecule has 2 aromatic carbocycles. The molecule has 0 radical (unpaired) electrons. The number of hydrogen-bond donors (Lipinski definition) is 1. The quantitative estimate of drug-likeness (QED) is 0.302. The molecule has 9 heteroatoms. The maximum Gasteiger partial charge on any atom is 0.338 e. The van der Waals surface area contributed by atoms with E-state index in [2.05, 4.69) is 5.32 Å². The van der Waals surface area contributed by atoms with Crippen molar-refractivity contribution in [2.45, 2.75) is 19.8 Å². The minimum atomic E-state index is -0.386. The monoisotopic (exact) mass is 470 g/mol. The predicted molar refractivity (Wildman–Crippen MR) is 127 cm³/mol. The van der Waals surface area contributed by atoms with Crippen LogP contribution in [0.5, 0.6) is 11.5 Å². The van der Waals surface area contributed by atoms with Crippen LogP contribution in [0.2, 0.25) is 0 Å². The number of imide groups is 1. The molecule has 0 bridgehead atoms. The summed E-state index contributed by atoms with van der Waals surface area (Å²) in [4.78, 5) is 38.6. The van der Waals surface area contributed by atoms with Gasteiger partial charge in [-0.1, -0.05) is 19.4 Å². The average Bonchev–Trinajstić information content (AvgIpc) is 3.09. The first-order chi connectivity index (χ1) is 16.0. The van der Waals surface area contributed by atoms with Crippen LogP contribution in [0.25, 0.3) is 6.08 Å². The lowest BCUT2D eigenvalue weighted by Gasteiger charge is -2.14. The van der Waals surface area contributed by atoms with Crippen molar-refractivity contribution in [3.8, 4) is 11.5 Å². The van der Waals surface area contributed by atoms with Crippen LogP contribution in [-0.2, 0) is 9.53 Å². The number of amides is 2. The van der Waals surface area contributed by atoms with Gasteiger partial charge in [-0.05, 0) is 66.2 Å². The lowest BCUT2D eigenvalue weighted by atomic mass is 10.2. The predicted octanol–water partition coefficient (Wildman–Crippen LogP) is 4.77. The molecular weight excluding hydrogens is 444 g/mol. The van der Waals surface area contributed by atoms with Gasteiger partial charge < -0.3 is 19.5 Å². The number of esters is 1. The number of rotatable bonds is 10. The molecule has 0 aliphatic carbocycles. The van der Waals surface area contributed by atoms with Crippen molar-refractivity contribution in [1.29, 1.82) is 0 Å². The molecule has 2 amide bonds. The highest BCUT2D eigenvalue weighted by atomic mass is 32.2. The highest BCUT2D eigenvalue weighted by Gasteiger charge is 2.34. The largest absolute Gasteiger partial charge is 0.493 e. The van der Waals surface area contributed by atoms with Gasteiger partial charge in [-0.2, -0.15) is 0 Å². The zero-order valence-electron chi connectivity index (χ0n) is 18.8. The van der Waals surface area contributed by atoms with Gasteiger partial charge >= 0.3 is 5.97 Å². The summed E-state index contributed by atoms with van der Waals surface area (Å²) in [6.07, 6.45) is 3.42. The Labute approximate surface area is 196 Å². The second kappa shape index (κ2) is 11.4. The van der Waals surface area contributed by atoms with E-state index in [1.807, 2.05) is 6.92 Å². The van der Waals surface area contributed by atoms with E-state index in [9.17, 15) is 14.4 Å². The zero-order valence-corrected chi connectivity index (χ0v) is 19.6. The van der Waals surface area contributed by atoms with Crippen molar-refractivity contribution in [1.82, 2.24) is 4.90 Å². The Hall–Kier alpha value is -3.46. The Kier molecular flexibility index (Phi) is 8.37. The number of hydrogen-bond acceptors (Lipinski definition) is 8. The van der Waals surface area contributed by atoms with E-state index in [1.54, 1.807) is 55.7 Å². The van der Waals surface area contributed by atoms with Crippen LogP contribution < -0.4 is 14.8 Å². The molecule has 174 valence electrons. The fraction of sp³-hybridized carbons (Fsp3) is 0.292. The minimum absolute atomic E-state index is 0.00817. The molecule has 8 nitrogen and oxygen atoms in total. The smallest absolute Gasteiger partial charge is 0.338 e. The maximum absolute atomic E-state index is 12.7. The van der Waals surface area contributed by atoms with Crippen LogP contribution >= 0.6 is 11.8 Å². The number of carbonyl (C=O) groups excluding carboxylic acids is 3. The van der Waals surface area contributed by atoms with Gasteiger partial charge in [-0.15, -0.1) is 0 Å². The molecule has 0 aromatic heterocycles. The molecule has 0 spiro atoms. The van der Waals surface area contributed by atoms with Gasteiger partial charge in [0.05, 0.1) is 38.0 Å². The van der Waals surface area contributed by atoms with Crippen LogP contribution in [0.3, 0.4) is 0 Å². The molecule has 0 saturated carbocycles. The Bertz CT molecular complexity index is 1050. The number of methoxy groups -OCH3 is 2. The van der Waals surface area contributed by atoms with Gasteiger partial charge in [0.15, 0.2) is 11.5 Å². The van der Waals surface area contributed by atoms with E-state index in [1.165, 1.54) is 7.11 Å². The zero-order chi connectivity index (χ0) is 23.8. The Morgan fingerprint density at radius 2 is 1.79 bits per heavy atom. The van der Waals surface area contributed by atoms with Crippen molar-refractivity contribution >= 4 is 40.6 Å². The third kappa shape index (κ3) is 6.07. The number of anilines is 1. The molecule has 3 rings (SSSR count). The Morgan fingerprint density at radius 1 is 1.06 bits per heavy atom. The van der Waals surface area contributed by atoms with Crippen molar-refractivity contribution in [2.75, 3.05) is 32.8 Å². The average molecular weight is 471 g/mol. The maximum atomic E-state index is 12.7. The van der Waals surface area contributed by atoms with E-state index in [0.717, 1.165) is 29.5 Å². The van der Waals surface area contributed by atoms with Crippen molar-refractivity contribution < 1.29 is 28.6 Å². The Balaban J connectivity index is 1.61. The van der Waals surface area contributed by atoms with Crippen molar-refractivity contribution in [3.05, 3.63) is 58.5 Å². The Morgan fingerprint density at radius 3 is 2.45 bits per heavy atom. The molecular formula is C24H26N2O6S. The molecule has 1 fully saturated rings. The van der Waals surface area contributed by atoms with E-state index in [4.69, 9.17) is 14.2 Å². The summed E-state index contributed by atoms with van der Waals surface area (Å²) in [5.41, 5.74) is 1.83. The molecule has 1 aliphatic heterocycles. The van der Waals surface area contributed by atoms with Gasteiger partial charge in [-0.3, -0.25) is 14.5 Å². The SMILES string of the molecule is CCCCOC(=O)c1ccc(NCN2C(=O)S/C(=C/c3ccc(OC)c(OC)c3)C2=O)cc1. The molecule has 0 atom stereocenters.